The second kappa shape index (κ2) is 48.7. The largest absolute Gasteiger partial charge is 3.00 e. The van der Waals surface area contributed by atoms with Gasteiger partial charge in [0.05, 0.1) is 11.2 Å². The van der Waals surface area contributed by atoms with E-state index < -0.39 is 18.3 Å². The smallest absolute Gasteiger partial charge is 0.399 e. The maximum atomic E-state index is 6.57. The Balaban J connectivity index is 0.000000255. The van der Waals surface area contributed by atoms with Crippen LogP contribution in [0.25, 0.3) is 101 Å². The molecule has 15 rings (SSSR count). The molecule has 1 saturated heterocycles. The van der Waals surface area contributed by atoms with Gasteiger partial charge in [-0.3, -0.25) is 0 Å². The van der Waals surface area contributed by atoms with Gasteiger partial charge < -0.3 is 29.2 Å². The molecule has 1 radical (unpaired) electrons. The van der Waals surface area contributed by atoms with Crippen molar-refractivity contribution in [3.05, 3.63) is 363 Å². The topological polar surface area (TPSA) is 70.0 Å². The van der Waals surface area contributed by atoms with Gasteiger partial charge in [-0.05, 0) is 259 Å². The van der Waals surface area contributed by atoms with Crippen LogP contribution in [0.4, 0.5) is 0 Å². The second-order valence-electron chi connectivity index (χ2n) is 43.4. The molecule has 0 unspecified atom stereocenters. The molecule has 14 heteroatoms. The Morgan fingerprint density at radius 3 is 0.756 bits per heavy atom. The molecule has 1 fully saturated rings. The van der Waals surface area contributed by atoms with Gasteiger partial charge in [0.1, 0.15) is 0 Å². The summed E-state index contributed by atoms with van der Waals surface area (Å²) < 4.78 is 16.3. The molecule has 14 aromatic rings. The molecule has 5 heterocycles. The first-order valence-electron chi connectivity index (χ1n) is 45.9. The normalized spacial score (nSPS) is 13.0. The molecule has 1 aliphatic heterocycles. The Labute approximate surface area is 874 Å². The summed E-state index contributed by atoms with van der Waals surface area (Å²) in [4.78, 5) is 17.3. The van der Waals surface area contributed by atoms with Gasteiger partial charge in [0.15, 0.2) is 0 Å². The second-order valence-corrected chi connectivity index (χ2v) is 46.2. The van der Waals surface area contributed by atoms with Crippen LogP contribution in [-0.2, 0) is 93.6 Å². The summed E-state index contributed by atoms with van der Waals surface area (Å²) in [6.45, 7) is 59.9. The predicted octanol–water partition coefficient (Wildman–Crippen LogP) is 34.9. The number of benzene rings is 10. The molecule has 0 bridgehead atoms. The van der Waals surface area contributed by atoms with Crippen LogP contribution in [0.1, 0.15) is 233 Å². The standard InChI is InChI=1S/C46H54N.C41H59BO2.3C11H7BrN.CH4.2Ir.S2/c1-32-40(33-18-22-38(23-19-33)45(8,9)30-43(2,3)4)28-37(35-15-14-16-36(27-35)42-17-12-13-26-47-42)29-41(32)34-20-24-39(25-21-34)46(10,11)31-44(5,6)7;1-28-34(29-16-20-31(21-17-29)38(8,9)26-36(2,3)4)24-33(42-43-40(12,13)41(14,15)44-42)25-35(28)30-18-22-32(23-19-30)39(10,11)27-37(5,6)7;3*12-10-5-3-4-9(8-10)11-6-1-2-7-13-11;;;;1-2/h12-15,17-29H,30-31H2,1-11H3;16-25H,26-27H2,1-15H3;3*1-3,5-8H;1H4;;;/q-1;;3*-1;;;+3;. The minimum Gasteiger partial charge on any atom is -0.399 e. The van der Waals surface area contributed by atoms with Crippen LogP contribution in [0, 0.1) is 59.8 Å². The quantitative estimate of drug-likeness (QED) is 0.0622. The van der Waals surface area contributed by atoms with E-state index in [4.69, 9.17) is 9.31 Å². The first kappa shape index (κ1) is 114. The zero-order valence-corrected chi connectivity index (χ0v) is 94.5. The van der Waals surface area contributed by atoms with Gasteiger partial charge in [0, 0.05) is 67.3 Å². The van der Waals surface area contributed by atoms with Crippen molar-refractivity contribution in [2.45, 2.75) is 246 Å². The molecule has 0 atom stereocenters. The minimum atomic E-state index is -0.423. The number of pyridine rings is 4. The molecular formula is C121H138BBr3Ir2N4O2S2-. The third kappa shape index (κ3) is 32.8. The maximum Gasteiger partial charge on any atom is 3.00 e. The number of halogens is 3. The Hall–Kier alpha value is -8.04. The van der Waals surface area contributed by atoms with E-state index in [0.29, 0.717) is 0 Å². The van der Waals surface area contributed by atoms with Crippen LogP contribution in [0.5, 0.6) is 0 Å². The van der Waals surface area contributed by atoms with E-state index in [9.17, 15) is 0 Å². The van der Waals surface area contributed by atoms with Crippen LogP contribution >= 0.6 is 47.8 Å². The number of nitrogens with zero attached hydrogens (tertiary/aromatic N) is 4. The molecule has 0 spiro atoms. The van der Waals surface area contributed by atoms with Gasteiger partial charge in [0.2, 0.25) is 0 Å². The molecule has 6 nitrogen and oxygen atoms in total. The molecule has 0 amide bonds. The Kier molecular flexibility index (Phi) is 41.1. The van der Waals surface area contributed by atoms with Crippen molar-refractivity contribution in [2.75, 3.05) is 0 Å². The summed E-state index contributed by atoms with van der Waals surface area (Å²) in [6, 6.07) is 107. The van der Waals surface area contributed by atoms with Crippen molar-refractivity contribution < 1.29 is 49.5 Å². The van der Waals surface area contributed by atoms with E-state index in [2.05, 4.69) is 428 Å². The molecule has 135 heavy (non-hydrogen) atoms. The average molecular weight is 2380 g/mol. The summed E-state index contributed by atoms with van der Waals surface area (Å²) in [5.41, 5.74) is 29.9. The zero-order chi connectivity index (χ0) is 96.6. The monoisotopic (exact) mass is 2380 g/mol. The summed E-state index contributed by atoms with van der Waals surface area (Å²) in [5.74, 6) is 0. The van der Waals surface area contributed by atoms with Gasteiger partial charge in [-0.15, -0.1) is 125 Å². The van der Waals surface area contributed by atoms with Crippen molar-refractivity contribution in [2.24, 2.45) is 21.7 Å². The van der Waals surface area contributed by atoms with Crippen LogP contribution in [-0.4, -0.2) is 38.3 Å². The average Bonchev–Trinajstić information content (AvgIpc) is 1.64. The molecule has 709 valence electrons. The van der Waals surface area contributed by atoms with Crippen LogP contribution in [0.3, 0.4) is 0 Å². The van der Waals surface area contributed by atoms with E-state index in [1.54, 1.807) is 18.6 Å². The minimum absolute atomic E-state index is 0. The number of hydrogen-bond donors (Lipinski definition) is 0. The zero-order valence-electron chi connectivity index (χ0n) is 83.3. The van der Waals surface area contributed by atoms with E-state index >= 15 is 0 Å². The van der Waals surface area contributed by atoms with E-state index in [0.717, 1.165) is 95.2 Å². The molecule has 0 N–H and O–H groups in total. The van der Waals surface area contributed by atoms with Crippen LogP contribution in [0.2, 0.25) is 0 Å². The molecule has 4 aromatic heterocycles. The molecule has 1 aliphatic rings. The fourth-order valence-electron chi connectivity index (χ4n) is 18.7. The first-order chi connectivity index (χ1) is 61.9. The Bertz CT molecular complexity index is 5690. The number of rotatable bonds is 18. The van der Waals surface area contributed by atoms with Crippen molar-refractivity contribution >= 4 is 82.7 Å². The van der Waals surface area contributed by atoms with Crippen LogP contribution < -0.4 is 5.46 Å². The van der Waals surface area contributed by atoms with Crippen molar-refractivity contribution in [1.82, 2.24) is 19.9 Å². The SMILES string of the molecule is Brc1cc[c-]c(-c2ccccn2)c1.Brc1cc[c-]c(-c2ccccn2)c1.Brc1cc[c-]c(-c2ccccn2)c1.C.Cc1c(-c2ccc(C(C)(C)CC(C)(C)C)cc2)cc(-c2cc[c-]c(-c3ccccn3)c2)cc1-c1ccc(C(C)(C)CC(C)(C)C)cc1.Cc1c(-c2ccc(C(C)(C)CC(C)(C)C)cc2)cc(B2OC(C)(C)C(C)(C)O2)cc1-c1ccc(C(C)(C)CC(C)(C)C)cc1.S=S.[Ir+3].[Ir]. The molecular weight excluding hydrogens is 2240 g/mol. The van der Waals surface area contributed by atoms with E-state index in [-0.39, 0.29) is 91.0 Å². The number of hydrogen-bond acceptors (Lipinski definition) is 8. The van der Waals surface area contributed by atoms with Crippen molar-refractivity contribution in [3.63, 3.8) is 0 Å². The summed E-state index contributed by atoms with van der Waals surface area (Å²) >= 11 is 17.6. The van der Waals surface area contributed by atoms with Crippen molar-refractivity contribution in [1.29, 1.82) is 0 Å². The van der Waals surface area contributed by atoms with Gasteiger partial charge in [-0.1, -0.05) is 365 Å². The maximum absolute atomic E-state index is 6.57. The summed E-state index contributed by atoms with van der Waals surface area (Å²) in [7, 11) is -0.423. The van der Waals surface area contributed by atoms with Gasteiger partial charge in [0.25, 0.3) is 0 Å². The summed E-state index contributed by atoms with van der Waals surface area (Å²) in [5, 5.41) is 0. The fourth-order valence-corrected chi connectivity index (χ4v) is 19.8. The molecule has 10 aromatic carbocycles. The Morgan fingerprint density at radius 1 is 0.304 bits per heavy atom. The third-order valence-electron chi connectivity index (χ3n) is 24.4. The molecule has 0 saturated carbocycles. The van der Waals surface area contributed by atoms with E-state index in [1.807, 2.05) is 140 Å². The van der Waals surface area contributed by atoms with Gasteiger partial charge in [-0.2, -0.15) is 0 Å². The third-order valence-corrected chi connectivity index (χ3v) is 25.8. The number of aromatic nitrogens is 4. The fraction of sp³-hybridized carbons (Fsp3) is 0.339. The molecule has 0 aliphatic carbocycles. The Morgan fingerprint density at radius 2 is 0.533 bits per heavy atom. The first-order valence-corrected chi connectivity index (χ1v) is 49.6. The summed E-state index contributed by atoms with van der Waals surface area (Å²) in [6.07, 6.45) is 11.7. The predicted molar refractivity (Wildman–Crippen MR) is 586 cm³/mol. The van der Waals surface area contributed by atoms with Crippen molar-refractivity contribution in [3.8, 4) is 101 Å². The van der Waals surface area contributed by atoms with Gasteiger partial charge in [-0.25, -0.2) is 0 Å². The van der Waals surface area contributed by atoms with Crippen LogP contribution in [0.15, 0.2) is 305 Å². The van der Waals surface area contributed by atoms with E-state index in [1.165, 1.54) is 83.5 Å². The van der Waals surface area contributed by atoms with Gasteiger partial charge >= 0.3 is 27.2 Å².